The molecule has 2 nitrogen and oxygen atoms in total. The summed E-state index contributed by atoms with van der Waals surface area (Å²) in [4.78, 5) is 16.5. The predicted octanol–water partition coefficient (Wildman–Crippen LogP) is 5.17. The molecule has 2 rings (SSSR count). The van der Waals surface area contributed by atoms with Crippen LogP contribution in [0.1, 0.15) is 49.0 Å². The molecule has 0 amide bonds. The van der Waals surface area contributed by atoms with Gasteiger partial charge in [-0.25, -0.2) is 0 Å². The highest BCUT2D eigenvalue weighted by atomic mass is 79.9. The SMILES string of the molecule is CCCC(C)(CC(=O)c1ccncc1)c1ccc(Br)cc1. The number of carbonyl (C=O) groups is 1. The summed E-state index contributed by atoms with van der Waals surface area (Å²) in [5, 5.41) is 0. The van der Waals surface area contributed by atoms with Crippen molar-refractivity contribution in [3.63, 3.8) is 0 Å². The fourth-order valence-electron chi connectivity index (χ4n) is 2.73. The molecule has 21 heavy (non-hydrogen) atoms. The first-order valence-corrected chi connectivity index (χ1v) is 8.04. The minimum absolute atomic E-state index is 0.129. The topological polar surface area (TPSA) is 30.0 Å². The highest BCUT2D eigenvalue weighted by Gasteiger charge is 2.29. The maximum atomic E-state index is 12.5. The summed E-state index contributed by atoms with van der Waals surface area (Å²) in [5.41, 5.74) is 1.83. The van der Waals surface area contributed by atoms with Crippen LogP contribution < -0.4 is 0 Å². The highest BCUT2D eigenvalue weighted by Crippen LogP contribution is 2.34. The van der Waals surface area contributed by atoms with Crippen molar-refractivity contribution in [2.45, 2.75) is 38.5 Å². The number of ketones is 1. The van der Waals surface area contributed by atoms with Crippen LogP contribution in [0.5, 0.6) is 0 Å². The molecule has 0 aliphatic carbocycles. The molecule has 3 heteroatoms. The van der Waals surface area contributed by atoms with Gasteiger partial charge in [0.2, 0.25) is 0 Å². The lowest BCUT2D eigenvalue weighted by atomic mass is 9.74. The number of halogens is 1. The van der Waals surface area contributed by atoms with Crippen molar-refractivity contribution in [3.05, 3.63) is 64.4 Å². The van der Waals surface area contributed by atoms with Crippen LogP contribution in [-0.4, -0.2) is 10.8 Å². The van der Waals surface area contributed by atoms with Crippen molar-refractivity contribution < 1.29 is 4.79 Å². The van der Waals surface area contributed by atoms with Gasteiger partial charge in [0.05, 0.1) is 0 Å². The lowest BCUT2D eigenvalue weighted by Gasteiger charge is -2.29. The molecule has 0 fully saturated rings. The summed E-state index contributed by atoms with van der Waals surface area (Å²) in [5.74, 6) is 0.177. The van der Waals surface area contributed by atoms with Crippen molar-refractivity contribution >= 4 is 21.7 Å². The molecular formula is C18H20BrNO. The third kappa shape index (κ3) is 4.01. The van der Waals surface area contributed by atoms with Crippen LogP contribution in [0.15, 0.2) is 53.3 Å². The molecule has 1 unspecified atom stereocenters. The molecule has 2 aromatic rings. The number of pyridine rings is 1. The van der Waals surface area contributed by atoms with E-state index in [-0.39, 0.29) is 11.2 Å². The lowest BCUT2D eigenvalue weighted by molar-refractivity contribution is 0.0950. The van der Waals surface area contributed by atoms with Crippen molar-refractivity contribution in [2.24, 2.45) is 0 Å². The maximum Gasteiger partial charge on any atom is 0.163 e. The number of rotatable bonds is 6. The molecule has 1 aromatic carbocycles. The Balaban J connectivity index is 2.26. The van der Waals surface area contributed by atoms with Crippen LogP contribution in [0.4, 0.5) is 0 Å². The first-order chi connectivity index (χ1) is 10.0. The largest absolute Gasteiger partial charge is 0.294 e. The summed E-state index contributed by atoms with van der Waals surface area (Å²) in [6.07, 6.45) is 5.90. The van der Waals surface area contributed by atoms with E-state index >= 15 is 0 Å². The number of hydrogen-bond donors (Lipinski definition) is 0. The minimum Gasteiger partial charge on any atom is -0.294 e. The number of aromatic nitrogens is 1. The predicted molar refractivity (Wildman–Crippen MR) is 89.6 cm³/mol. The van der Waals surface area contributed by atoms with Crippen molar-refractivity contribution in [3.8, 4) is 0 Å². The Kier molecular flexibility index (Phi) is 5.29. The number of carbonyl (C=O) groups excluding carboxylic acids is 1. The lowest BCUT2D eigenvalue weighted by Crippen LogP contribution is -2.25. The smallest absolute Gasteiger partial charge is 0.163 e. The molecule has 0 aliphatic rings. The molecule has 1 heterocycles. The van der Waals surface area contributed by atoms with Gasteiger partial charge in [-0.15, -0.1) is 0 Å². The zero-order valence-corrected chi connectivity index (χ0v) is 14.1. The van der Waals surface area contributed by atoms with E-state index in [1.54, 1.807) is 24.5 Å². The van der Waals surface area contributed by atoms with Gasteiger partial charge in [0.1, 0.15) is 0 Å². The number of hydrogen-bond acceptors (Lipinski definition) is 2. The zero-order valence-electron chi connectivity index (χ0n) is 12.5. The van der Waals surface area contributed by atoms with E-state index in [0.29, 0.717) is 6.42 Å². The molecule has 1 aromatic heterocycles. The molecular weight excluding hydrogens is 326 g/mol. The first kappa shape index (κ1) is 15.9. The quantitative estimate of drug-likeness (QED) is 0.675. The molecule has 0 bridgehead atoms. The van der Waals surface area contributed by atoms with Gasteiger partial charge in [0, 0.05) is 28.9 Å². The van der Waals surface area contributed by atoms with Crippen LogP contribution in [0.25, 0.3) is 0 Å². The van der Waals surface area contributed by atoms with E-state index in [2.05, 4.69) is 46.9 Å². The van der Waals surface area contributed by atoms with Gasteiger partial charge >= 0.3 is 0 Å². The van der Waals surface area contributed by atoms with Gasteiger partial charge in [-0.2, -0.15) is 0 Å². The van der Waals surface area contributed by atoms with E-state index in [0.717, 1.165) is 22.9 Å². The van der Waals surface area contributed by atoms with Gasteiger partial charge < -0.3 is 0 Å². The summed E-state index contributed by atoms with van der Waals surface area (Å²) in [7, 11) is 0. The number of nitrogens with zero attached hydrogens (tertiary/aromatic N) is 1. The van der Waals surface area contributed by atoms with E-state index in [9.17, 15) is 4.79 Å². The Hall–Kier alpha value is -1.48. The van der Waals surface area contributed by atoms with Gasteiger partial charge in [0.25, 0.3) is 0 Å². The average molecular weight is 346 g/mol. The van der Waals surface area contributed by atoms with E-state index in [4.69, 9.17) is 0 Å². The van der Waals surface area contributed by atoms with Crippen molar-refractivity contribution in [1.82, 2.24) is 4.98 Å². The van der Waals surface area contributed by atoms with E-state index < -0.39 is 0 Å². The van der Waals surface area contributed by atoms with Gasteiger partial charge in [-0.1, -0.05) is 48.3 Å². The average Bonchev–Trinajstić information content (AvgIpc) is 2.49. The van der Waals surface area contributed by atoms with Crippen LogP contribution in [0.2, 0.25) is 0 Å². The fraction of sp³-hybridized carbons (Fsp3) is 0.333. The van der Waals surface area contributed by atoms with E-state index in [1.807, 2.05) is 12.1 Å². The van der Waals surface area contributed by atoms with Crippen LogP contribution in [0, 0.1) is 0 Å². The Morgan fingerprint density at radius 1 is 1.14 bits per heavy atom. The summed E-state index contributed by atoms with van der Waals surface area (Å²) < 4.78 is 1.06. The third-order valence-corrected chi connectivity index (χ3v) is 4.42. The fourth-order valence-corrected chi connectivity index (χ4v) is 3.00. The Morgan fingerprint density at radius 3 is 2.33 bits per heavy atom. The van der Waals surface area contributed by atoms with Crippen molar-refractivity contribution in [2.75, 3.05) is 0 Å². The van der Waals surface area contributed by atoms with Crippen LogP contribution in [0.3, 0.4) is 0 Å². The molecule has 0 N–H and O–H groups in total. The molecule has 1 atom stereocenters. The molecule has 0 radical (unpaired) electrons. The maximum absolute atomic E-state index is 12.5. The second-order valence-electron chi connectivity index (χ2n) is 5.65. The second kappa shape index (κ2) is 6.99. The summed E-state index contributed by atoms with van der Waals surface area (Å²) in [6.45, 7) is 4.34. The normalized spacial score (nSPS) is 13.7. The Morgan fingerprint density at radius 2 is 1.76 bits per heavy atom. The van der Waals surface area contributed by atoms with Crippen LogP contribution >= 0.6 is 15.9 Å². The first-order valence-electron chi connectivity index (χ1n) is 7.24. The second-order valence-corrected chi connectivity index (χ2v) is 6.57. The summed E-state index contributed by atoms with van der Waals surface area (Å²) in [6, 6.07) is 11.9. The van der Waals surface area contributed by atoms with Crippen molar-refractivity contribution in [1.29, 1.82) is 0 Å². The molecule has 110 valence electrons. The van der Waals surface area contributed by atoms with Gasteiger partial charge in [-0.05, 0) is 41.7 Å². The van der Waals surface area contributed by atoms with Gasteiger partial charge in [0.15, 0.2) is 5.78 Å². The molecule has 0 spiro atoms. The zero-order chi connectivity index (χ0) is 15.3. The summed E-state index contributed by atoms with van der Waals surface area (Å²) >= 11 is 3.46. The third-order valence-electron chi connectivity index (χ3n) is 3.90. The molecule has 0 saturated heterocycles. The monoisotopic (exact) mass is 345 g/mol. The molecule has 0 aliphatic heterocycles. The van der Waals surface area contributed by atoms with Gasteiger partial charge in [-0.3, -0.25) is 9.78 Å². The highest BCUT2D eigenvalue weighted by molar-refractivity contribution is 9.10. The van der Waals surface area contributed by atoms with Crippen LogP contribution in [-0.2, 0) is 5.41 Å². The number of Topliss-reactive ketones (excluding diaryl/α,β-unsaturated/α-hetero) is 1. The standard InChI is InChI=1S/C18H20BrNO/c1-3-10-18(2,15-4-6-16(19)7-5-15)13-17(21)14-8-11-20-12-9-14/h4-9,11-12H,3,10,13H2,1-2H3. The molecule has 0 saturated carbocycles. The number of benzene rings is 1. The Labute approximate surface area is 134 Å². The minimum atomic E-state index is -0.129. The Bertz CT molecular complexity index is 594. The van der Waals surface area contributed by atoms with E-state index in [1.165, 1.54) is 5.56 Å².